The fraction of sp³-hybridized carbons (Fsp3) is 0.375. The number of allylic oxidation sites excluding steroid dienone is 1. The van der Waals surface area contributed by atoms with Gasteiger partial charge in [0.1, 0.15) is 12.4 Å². The molecule has 0 fully saturated rings. The molecule has 0 aromatic heterocycles. The van der Waals surface area contributed by atoms with Crippen molar-refractivity contribution in [3.63, 3.8) is 0 Å². The second-order valence-electron chi connectivity index (χ2n) is 4.91. The number of hydrogen-bond donors (Lipinski definition) is 0. The quantitative estimate of drug-likeness (QED) is 0.737. The van der Waals surface area contributed by atoms with E-state index in [4.69, 9.17) is 4.74 Å². The van der Waals surface area contributed by atoms with Crippen LogP contribution >= 0.6 is 0 Å². The first kappa shape index (κ1) is 12.9. The summed E-state index contributed by atoms with van der Waals surface area (Å²) in [5.41, 5.74) is 4.24. The Morgan fingerprint density at radius 1 is 1.33 bits per heavy atom. The highest BCUT2D eigenvalue weighted by Gasteiger charge is 2.16. The Morgan fingerprint density at radius 2 is 2.17 bits per heavy atom. The average molecular weight is 243 g/mol. The zero-order chi connectivity index (χ0) is 13.0. The molecule has 0 heterocycles. The number of nitrogens with zero attached hydrogens (tertiary/aromatic N) is 1. The van der Waals surface area contributed by atoms with E-state index < -0.39 is 0 Å². The van der Waals surface area contributed by atoms with Crippen LogP contribution in [-0.2, 0) is 6.42 Å². The van der Waals surface area contributed by atoms with E-state index >= 15 is 0 Å². The van der Waals surface area contributed by atoms with Gasteiger partial charge in [0.05, 0.1) is 0 Å². The normalized spacial score (nSPS) is 16.1. The van der Waals surface area contributed by atoms with Crippen LogP contribution < -0.4 is 4.74 Å². The van der Waals surface area contributed by atoms with E-state index in [1.165, 1.54) is 16.7 Å². The Labute approximate surface area is 110 Å². The summed E-state index contributed by atoms with van der Waals surface area (Å²) in [6, 6.07) is 6.40. The van der Waals surface area contributed by atoms with Crippen molar-refractivity contribution in [2.24, 2.45) is 0 Å². The van der Waals surface area contributed by atoms with Crippen LogP contribution in [0.1, 0.15) is 17.5 Å². The van der Waals surface area contributed by atoms with E-state index in [1.807, 2.05) is 0 Å². The standard InChI is InChI=1S/C16H21NO/c1-4-11-18-15-8-7-13-5-6-14(16(13)12-15)9-10-17(2)3/h4,7-9,12H,1,5-6,10-11H2,2-3H3/b14-9+. The van der Waals surface area contributed by atoms with E-state index in [0.717, 1.165) is 25.1 Å². The van der Waals surface area contributed by atoms with Crippen LogP contribution in [0.5, 0.6) is 5.75 Å². The molecule has 0 radical (unpaired) electrons. The summed E-state index contributed by atoms with van der Waals surface area (Å²) in [6.45, 7) is 5.23. The molecule has 1 aromatic carbocycles. The minimum atomic E-state index is 0.565. The second kappa shape index (κ2) is 5.87. The molecule has 1 aliphatic carbocycles. The van der Waals surface area contributed by atoms with Crippen LogP contribution in [0, 0.1) is 0 Å². The summed E-state index contributed by atoms with van der Waals surface area (Å²) in [6.07, 6.45) is 6.39. The maximum absolute atomic E-state index is 5.60. The first-order chi connectivity index (χ1) is 8.70. The molecule has 1 aromatic rings. The number of fused-ring (bicyclic) bond motifs is 1. The van der Waals surface area contributed by atoms with Gasteiger partial charge in [-0.25, -0.2) is 0 Å². The lowest BCUT2D eigenvalue weighted by atomic mass is 10.1. The molecule has 0 unspecified atom stereocenters. The molecule has 0 saturated carbocycles. The van der Waals surface area contributed by atoms with Crippen LogP contribution in [0.25, 0.3) is 5.57 Å². The van der Waals surface area contributed by atoms with Crippen LogP contribution in [0.15, 0.2) is 36.9 Å². The topological polar surface area (TPSA) is 12.5 Å². The second-order valence-corrected chi connectivity index (χ2v) is 4.91. The molecule has 0 saturated heterocycles. The Hall–Kier alpha value is -1.54. The first-order valence-electron chi connectivity index (χ1n) is 6.41. The Bertz CT molecular complexity index is 460. The van der Waals surface area contributed by atoms with Gasteiger partial charge in [0.15, 0.2) is 0 Å². The maximum Gasteiger partial charge on any atom is 0.120 e. The van der Waals surface area contributed by atoms with Gasteiger partial charge in [0.25, 0.3) is 0 Å². The van der Waals surface area contributed by atoms with Gasteiger partial charge in [0.2, 0.25) is 0 Å². The van der Waals surface area contributed by atoms with Crippen LogP contribution in [0.2, 0.25) is 0 Å². The van der Waals surface area contributed by atoms with Gasteiger partial charge in [-0.3, -0.25) is 0 Å². The van der Waals surface area contributed by atoms with Crippen molar-refractivity contribution in [2.45, 2.75) is 12.8 Å². The molecule has 2 rings (SSSR count). The van der Waals surface area contributed by atoms with E-state index in [1.54, 1.807) is 6.08 Å². The number of likely N-dealkylation sites (N-methyl/N-ethyl adjacent to an activating group) is 1. The lowest BCUT2D eigenvalue weighted by Gasteiger charge is -2.09. The largest absolute Gasteiger partial charge is 0.490 e. The molecule has 18 heavy (non-hydrogen) atoms. The van der Waals surface area contributed by atoms with Crippen LogP contribution in [-0.4, -0.2) is 32.1 Å². The van der Waals surface area contributed by atoms with Crippen molar-refractivity contribution >= 4 is 5.57 Å². The van der Waals surface area contributed by atoms with E-state index in [0.29, 0.717) is 6.61 Å². The molecule has 2 nitrogen and oxygen atoms in total. The minimum Gasteiger partial charge on any atom is -0.490 e. The molecule has 0 bridgehead atoms. The Morgan fingerprint density at radius 3 is 2.89 bits per heavy atom. The number of ether oxygens (including phenoxy) is 1. The molecule has 96 valence electrons. The fourth-order valence-corrected chi connectivity index (χ4v) is 2.23. The minimum absolute atomic E-state index is 0.565. The van der Waals surface area contributed by atoms with E-state index in [-0.39, 0.29) is 0 Å². The third-order valence-corrected chi connectivity index (χ3v) is 3.16. The summed E-state index contributed by atoms with van der Waals surface area (Å²) in [5, 5.41) is 0. The van der Waals surface area contributed by atoms with E-state index in [9.17, 15) is 0 Å². The molecule has 0 N–H and O–H groups in total. The van der Waals surface area contributed by atoms with Crippen molar-refractivity contribution in [2.75, 3.05) is 27.2 Å². The monoisotopic (exact) mass is 243 g/mol. The Balaban J connectivity index is 2.19. The van der Waals surface area contributed by atoms with Crippen molar-refractivity contribution in [3.05, 3.63) is 48.1 Å². The fourth-order valence-electron chi connectivity index (χ4n) is 2.23. The van der Waals surface area contributed by atoms with Gasteiger partial charge in [-0.05, 0) is 55.8 Å². The first-order valence-corrected chi connectivity index (χ1v) is 6.41. The summed E-state index contributed by atoms with van der Waals surface area (Å²) < 4.78 is 5.60. The lowest BCUT2D eigenvalue weighted by molar-refractivity contribution is 0.363. The molecular weight excluding hydrogens is 222 g/mol. The number of benzene rings is 1. The van der Waals surface area contributed by atoms with Crippen molar-refractivity contribution < 1.29 is 4.74 Å². The predicted molar refractivity (Wildman–Crippen MR) is 77.0 cm³/mol. The summed E-state index contributed by atoms with van der Waals surface area (Å²) >= 11 is 0. The summed E-state index contributed by atoms with van der Waals surface area (Å²) in [4.78, 5) is 2.18. The molecule has 0 spiro atoms. The van der Waals surface area contributed by atoms with E-state index in [2.05, 4.69) is 49.8 Å². The van der Waals surface area contributed by atoms with Gasteiger partial charge in [-0.15, -0.1) is 0 Å². The predicted octanol–water partition coefficient (Wildman–Crippen LogP) is 3.14. The maximum atomic E-state index is 5.60. The van der Waals surface area contributed by atoms with Gasteiger partial charge in [-0.1, -0.05) is 24.8 Å². The molecule has 0 amide bonds. The SMILES string of the molecule is C=CCOc1ccc2c(c1)/C(=C/CN(C)C)CC2. The summed E-state index contributed by atoms with van der Waals surface area (Å²) in [5.74, 6) is 0.936. The van der Waals surface area contributed by atoms with Crippen LogP contribution in [0.3, 0.4) is 0 Å². The third kappa shape index (κ3) is 3.02. The zero-order valence-electron chi connectivity index (χ0n) is 11.3. The molecule has 2 heteroatoms. The zero-order valence-corrected chi connectivity index (χ0v) is 11.3. The number of rotatable bonds is 5. The lowest BCUT2D eigenvalue weighted by Crippen LogP contribution is -2.10. The average Bonchev–Trinajstić information content (AvgIpc) is 2.76. The highest BCUT2D eigenvalue weighted by Crippen LogP contribution is 2.34. The van der Waals surface area contributed by atoms with Gasteiger partial charge in [0, 0.05) is 6.54 Å². The highest BCUT2D eigenvalue weighted by molar-refractivity contribution is 5.73. The number of aryl methyl sites for hydroxylation is 1. The smallest absolute Gasteiger partial charge is 0.120 e. The molecule has 0 atom stereocenters. The number of hydrogen-bond acceptors (Lipinski definition) is 2. The molecule has 1 aliphatic rings. The molecular formula is C16H21NO. The van der Waals surface area contributed by atoms with Gasteiger partial charge < -0.3 is 9.64 Å². The highest BCUT2D eigenvalue weighted by atomic mass is 16.5. The summed E-state index contributed by atoms with van der Waals surface area (Å²) in [7, 11) is 4.19. The Kier molecular flexibility index (Phi) is 4.21. The van der Waals surface area contributed by atoms with Crippen molar-refractivity contribution in [1.29, 1.82) is 0 Å². The van der Waals surface area contributed by atoms with Crippen molar-refractivity contribution in [1.82, 2.24) is 4.90 Å². The van der Waals surface area contributed by atoms with Crippen molar-refractivity contribution in [3.8, 4) is 5.75 Å². The van der Waals surface area contributed by atoms with Crippen LogP contribution in [0.4, 0.5) is 0 Å². The van der Waals surface area contributed by atoms with Gasteiger partial charge >= 0.3 is 0 Å². The molecule has 0 aliphatic heterocycles. The third-order valence-electron chi connectivity index (χ3n) is 3.16. The van der Waals surface area contributed by atoms with Gasteiger partial charge in [-0.2, -0.15) is 0 Å².